The van der Waals surface area contributed by atoms with Crippen molar-refractivity contribution in [3.63, 3.8) is 0 Å². The highest BCUT2D eigenvalue weighted by atomic mass is 35.5. The fourth-order valence-corrected chi connectivity index (χ4v) is 4.56. The number of nitrogens with two attached hydrogens (primary N) is 1. The van der Waals surface area contributed by atoms with Gasteiger partial charge in [0.2, 0.25) is 5.88 Å². The van der Waals surface area contributed by atoms with E-state index >= 15 is 0 Å². The average Bonchev–Trinajstić information content (AvgIpc) is 2.87. The summed E-state index contributed by atoms with van der Waals surface area (Å²) >= 11 is 6.09. The summed E-state index contributed by atoms with van der Waals surface area (Å²) in [6.07, 6.45) is 0.564. The van der Waals surface area contributed by atoms with Crippen LogP contribution in [0.3, 0.4) is 0 Å². The van der Waals surface area contributed by atoms with E-state index in [9.17, 15) is 9.59 Å². The summed E-state index contributed by atoms with van der Waals surface area (Å²) in [6, 6.07) is 14.3. The van der Waals surface area contributed by atoms with Crippen LogP contribution in [0.1, 0.15) is 28.3 Å². The molecule has 1 unspecified atom stereocenters. The van der Waals surface area contributed by atoms with E-state index in [2.05, 4.69) is 0 Å². The van der Waals surface area contributed by atoms with Gasteiger partial charge in [-0.2, -0.15) is 0 Å². The number of ether oxygens (including phenoxy) is 4. The number of carbonyl (C=O) groups is 1. The Hall–Kier alpha value is -3.91. The fraction of sp³-hybridized carbons (Fsp3) is 0.259. The van der Waals surface area contributed by atoms with E-state index in [0.717, 1.165) is 5.56 Å². The third-order valence-electron chi connectivity index (χ3n) is 6.25. The van der Waals surface area contributed by atoms with Gasteiger partial charge in [0.25, 0.3) is 5.56 Å². The number of methoxy groups -OCH3 is 3. The number of aromatic nitrogens is 1. The molecule has 2 heterocycles. The first kappa shape index (κ1) is 25.2. The lowest BCUT2D eigenvalue weighted by Gasteiger charge is -2.29. The number of pyridine rings is 1. The van der Waals surface area contributed by atoms with E-state index < -0.39 is 11.9 Å². The Bertz CT molecular complexity index is 1390. The van der Waals surface area contributed by atoms with Crippen molar-refractivity contribution in [2.75, 3.05) is 21.3 Å². The van der Waals surface area contributed by atoms with Crippen LogP contribution in [0.2, 0.25) is 5.02 Å². The van der Waals surface area contributed by atoms with Gasteiger partial charge in [-0.1, -0.05) is 29.8 Å². The molecule has 0 spiro atoms. The van der Waals surface area contributed by atoms with Gasteiger partial charge in [-0.05, 0) is 48.7 Å². The minimum atomic E-state index is -0.779. The second kappa shape index (κ2) is 10.4. The molecular formula is C27H27ClN2O6. The van der Waals surface area contributed by atoms with Gasteiger partial charge in [0, 0.05) is 23.3 Å². The standard InChI is InChI=1S/C27H27ClN2O6/c1-15-13-21-23(26(31)30(15)12-11-16-5-10-19(33-2)20(14-16)34-3)22(17-6-8-18(28)9-7-17)24(25(29)36-21)27(32)35-4/h5-10,13-14,22H,11-12,29H2,1-4H3. The minimum Gasteiger partial charge on any atom is -0.493 e. The Balaban J connectivity index is 1.79. The Kier molecular flexibility index (Phi) is 7.26. The second-order valence-electron chi connectivity index (χ2n) is 8.32. The predicted molar refractivity (Wildman–Crippen MR) is 136 cm³/mol. The summed E-state index contributed by atoms with van der Waals surface area (Å²) in [7, 11) is 4.42. The Morgan fingerprint density at radius 1 is 1.06 bits per heavy atom. The molecule has 0 radical (unpaired) electrons. The van der Waals surface area contributed by atoms with E-state index in [1.54, 1.807) is 49.1 Å². The number of nitrogens with zero attached hydrogens (tertiary/aromatic N) is 1. The molecule has 0 saturated carbocycles. The summed E-state index contributed by atoms with van der Waals surface area (Å²) in [5.41, 5.74) is 8.59. The smallest absolute Gasteiger partial charge is 0.340 e. The largest absolute Gasteiger partial charge is 0.493 e. The topological polar surface area (TPSA) is 102 Å². The maximum Gasteiger partial charge on any atom is 0.340 e. The summed E-state index contributed by atoms with van der Waals surface area (Å²) in [5.74, 6) is 0.00471. The fourth-order valence-electron chi connectivity index (χ4n) is 4.44. The van der Waals surface area contributed by atoms with Crippen LogP contribution in [0.4, 0.5) is 0 Å². The number of aryl methyl sites for hydroxylation is 2. The van der Waals surface area contributed by atoms with Crippen LogP contribution in [-0.4, -0.2) is 31.9 Å². The lowest BCUT2D eigenvalue weighted by atomic mass is 9.83. The highest BCUT2D eigenvalue weighted by Crippen LogP contribution is 2.41. The zero-order chi connectivity index (χ0) is 26.0. The molecule has 9 heteroatoms. The molecular weight excluding hydrogens is 484 g/mol. The second-order valence-corrected chi connectivity index (χ2v) is 8.75. The van der Waals surface area contributed by atoms with Crippen LogP contribution in [0.25, 0.3) is 0 Å². The van der Waals surface area contributed by atoms with E-state index in [1.807, 2.05) is 25.1 Å². The molecule has 1 atom stereocenters. The van der Waals surface area contributed by atoms with Gasteiger partial charge in [-0.15, -0.1) is 0 Å². The van der Waals surface area contributed by atoms with Gasteiger partial charge in [0.15, 0.2) is 11.5 Å². The van der Waals surface area contributed by atoms with Crippen LogP contribution in [0.5, 0.6) is 17.2 Å². The zero-order valence-corrected chi connectivity index (χ0v) is 21.2. The first-order valence-corrected chi connectivity index (χ1v) is 11.6. The maximum absolute atomic E-state index is 13.9. The lowest BCUT2D eigenvalue weighted by Crippen LogP contribution is -2.35. The van der Waals surface area contributed by atoms with Crippen LogP contribution in [-0.2, 0) is 22.5 Å². The molecule has 0 aliphatic carbocycles. The molecule has 1 aliphatic rings. The number of hydrogen-bond donors (Lipinski definition) is 1. The molecule has 2 N–H and O–H groups in total. The first-order chi connectivity index (χ1) is 17.3. The minimum absolute atomic E-state index is 0.0692. The Labute approximate surface area is 213 Å². The van der Waals surface area contributed by atoms with Crippen molar-refractivity contribution in [3.05, 3.63) is 97.7 Å². The lowest BCUT2D eigenvalue weighted by molar-refractivity contribution is -0.136. The molecule has 2 aromatic carbocycles. The molecule has 0 bridgehead atoms. The molecule has 0 saturated heterocycles. The molecule has 1 aromatic heterocycles. The van der Waals surface area contributed by atoms with Crippen LogP contribution in [0, 0.1) is 6.92 Å². The summed E-state index contributed by atoms with van der Waals surface area (Å²) < 4.78 is 23.1. The number of carbonyl (C=O) groups excluding carboxylic acids is 1. The van der Waals surface area contributed by atoms with Gasteiger partial charge < -0.3 is 29.2 Å². The SMILES string of the molecule is COC(=O)C1=C(N)Oc2cc(C)n(CCc3ccc(OC)c(OC)c3)c(=O)c2C1c1ccc(Cl)cc1. The van der Waals surface area contributed by atoms with Gasteiger partial charge in [0.1, 0.15) is 11.3 Å². The van der Waals surface area contributed by atoms with Gasteiger partial charge in [0.05, 0.1) is 32.8 Å². The highest BCUT2D eigenvalue weighted by molar-refractivity contribution is 6.30. The van der Waals surface area contributed by atoms with Gasteiger partial charge >= 0.3 is 5.97 Å². The first-order valence-electron chi connectivity index (χ1n) is 11.3. The van der Waals surface area contributed by atoms with Crippen LogP contribution < -0.4 is 25.5 Å². The summed E-state index contributed by atoms with van der Waals surface area (Å²) in [4.78, 5) is 26.6. The molecule has 3 aromatic rings. The van der Waals surface area contributed by atoms with Gasteiger partial charge in [-0.25, -0.2) is 4.79 Å². The van der Waals surface area contributed by atoms with Crippen molar-refractivity contribution in [1.29, 1.82) is 0 Å². The zero-order valence-electron chi connectivity index (χ0n) is 20.5. The molecule has 4 rings (SSSR count). The van der Waals surface area contributed by atoms with E-state index in [4.69, 9.17) is 36.3 Å². The number of hydrogen-bond acceptors (Lipinski definition) is 7. The highest BCUT2D eigenvalue weighted by Gasteiger charge is 2.38. The van der Waals surface area contributed by atoms with Crippen LogP contribution >= 0.6 is 11.6 Å². The number of esters is 1. The molecule has 8 nitrogen and oxygen atoms in total. The summed E-state index contributed by atoms with van der Waals surface area (Å²) in [5, 5.41) is 0.527. The average molecular weight is 511 g/mol. The number of rotatable bonds is 7. The Morgan fingerprint density at radius 3 is 2.39 bits per heavy atom. The molecule has 1 aliphatic heterocycles. The third kappa shape index (κ3) is 4.64. The Morgan fingerprint density at radius 2 is 1.75 bits per heavy atom. The molecule has 188 valence electrons. The van der Waals surface area contributed by atoms with Crippen molar-refractivity contribution in [3.8, 4) is 17.2 Å². The normalized spacial score (nSPS) is 14.6. The van der Waals surface area contributed by atoms with E-state index in [-0.39, 0.29) is 17.0 Å². The quantitative estimate of drug-likeness (QED) is 0.480. The molecule has 0 amide bonds. The van der Waals surface area contributed by atoms with E-state index in [1.165, 1.54) is 7.11 Å². The number of halogens is 1. The molecule has 36 heavy (non-hydrogen) atoms. The number of benzene rings is 2. The van der Waals surface area contributed by atoms with Crippen molar-refractivity contribution in [1.82, 2.24) is 4.57 Å². The van der Waals surface area contributed by atoms with E-state index in [0.29, 0.717) is 52.1 Å². The summed E-state index contributed by atoms with van der Waals surface area (Å²) in [6.45, 7) is 2.22. The number of fused-ring (bicyclic) bond motifs is 1. The third-order valence-corrected chi connectivity index (χ3v) is 6.50. The molecule has 0 fully saturated rings. The van der Waals surface area contributed by atoms with Crippen molar-refractivity contribution in [2.45, 2.75) is 25.8 Å². The maximum atomic E-state index is 13.9. The van der Waals surface area contributed by atoms with Gasteiger partial charge in [-0.3, -0.25) is 4.79 Å². The van der Waals surface area contributed by atoms with Crippen molar-refractivity contribution < 1.29 is 23.7 Å². The van der Waals surface area contributed by atoms with Crippen molar-refractivity contribution >= 4 is 17.6 Å². The van der Waals surface area contributed by atoms with Crippen molar-refractivity contribution in [2.24, 2.45) is 5.73 Å². The monoisotopic (exact) mass is 510 g/mol. The van der Waals surface area contributed by atoms with Crippen LogP contribution in [0.15, 0.2) is 64.8 Å². The predicted octanol–water partition coefficient (Wildman–Crippen LogP) is 3.94.